The summed E-state index contributed by atoms with van der Waals surface area (Å²) in [6.45, 7) is 1.92. The number of hydrogen-bond donors (Lipinski definition) is 2. The molecule has 0 unspecified atom stereocenters. The number of nitrogens with two attached hydrogens (primary N) is 1. The van der Waals surface area contributed by atoms with Crippen molar-refractivity contribution in [2.75, 3.05) is 5.43 Å². The Bertz CT molecular complexity index is 1120. The summed E-state index contributed by atoms with van der Waals surface area (Å²) < 4.78 is 3.21. The average Bonchev–Trinajstić information content (AvgIpc) is 2.58. The maximum atomic E-state index is 12.9. The molecule has 9 heteroatoms. The highest BCUT2D eigenvalue weighted by atomic mass is 16.2. The molecule has 0 saturated carbocycles. The minimum Gasteiger partial charge on any atom is -0.293 e. The third-order valence-corrected chi connectivity index (χ3v) is 3.90. The van der Waals surface area contributed by atoms with Crippen molar-refractivity contribution in [1.82, 2.24) is 18.7 Å². The van der Waals surface area contributed by atoms with Crippen molar-refractivity contribution in [2.45, 2.75) is 6.92 Å². The van der Waals surface area contributed by atoms with E-state index in [0.29, 0.717) is 5.69 Å². The quantitative estimate of drug-likeness (QED) is 0.478. The van der Waals surface area contributed by atoms with Crippen LogP contribution in [0.5, 0.6) is 0 Å². The first-order chi connectivity index (χ1) is 11.4. The molecule has 0 aliphatic carbocycles. The topological polar surface area (TPSA) is 117 Å². The summed E-state index contributed by atoms with van der Waals surface area (Å²) in [5.41, 5.74) is 1.97. The number of aromatic nitrogens is 4. The molecule has 2 aromatic heterocycles. The Labute approximate surface area is 135 Å². The Morgan fingerprint density at radius 1 is 1.00 bits per heavy atom. The molecule has 124 valence electrons. The summed E-state index contributed by atoms with van der Waals surface area (Å²) in [6, 6.07) is 7.09. The van der Waals surface area contributed by atoms with Crippen LogP contribution in [0.25, 0.3) is 16.7 Å². The van der Waals surface area contributed by atoms with Crippen LogP contribution >= 0.6 is 0 Å². The number of hydrogen-bond acceptors (Lipinski definition) is 6. The summed E-state index contributed by atoms with van der Waals surface area (Å²) in [7, 11) is 2.75. The van der Waals surface area contributed by atoms with Gasteiger partial charge >= 0.3 is 5.69 Å². The first-order valence-corrected chi connectivity index (χ1v) is 7.13. The van der Waals surface area contributed by atoms with E-state index in [1.165, 1.54) is 18.7 Å². The van der Waals surface area contributed by atoms with Gasteiger partial charge in [0.05, 0.1) is 5.69 Å². The fourth-order valence-corrected chi connectivity index (χ4v) is 2.54. The van der Waals surface area contributed by atoms with E-state index in [9.17, 15) is 14.4 Å². The summed E-state index contributed by atoms with van der Waals surface area (Å²) >= 11 is 0. The van der Waals surface area contributed by atoms with Gasteiger partial charge in [-0.2, -0.15) is 4.98 Å². The highest BCUT2D eigenvalue weighted by Crippen LogP contribution is 2.13. The number of nitrogens with one attached hydrogen (secondary N) is 1. The number of anilines is 1. The molecule has 0 saturated heterocycles. The third kappa shape index (κ3) is 2.14. The second-order valence-corrected chi connectivity index (χ2v) is 5.46. The normalized spacial score (nSPS) is 11.0. The monoisotopic (exact) mass is 328 g/mol. The Hall–Kier alpha value is -3.20. The van der Waals surface area contributed by atoms with Crippen molar-refractivity contribution in [3.8, 4) is 5.69 Å². The van der Waals surface area contributed by atoms with Crippen LogP contribution in [0.3, 0.4) is 0 Å². The van der Waals surface area contributed by atoms with E-state index in [2.05, 4.69) is 10.4 Å². The predicted octanol–water partition coefficient (Wildman–Crippen LogP) is -0.623. The molecule has 3 aromatic rings. The van der Waals surface area contributed by atoms with Crippen molar-refractivity contribution in [3.05, 3.63) is 61.0 Å². The smallest absolute Gasteiger partial charge is 0.293 e. The SMILES string of the molecule is Cc1ccc(-n2c(NN)nc3c(c2=O)c(=O)n(C)c(=O)n3C)cc1. The van der Waals surface area contributed by atoms with Gasteiger partial charge in [-0.25, -0.2) is 15.2 Å². The molecular formula is C15H16N6O3. The van der Waals surface area contributed by atoms with Gasteiger partial charge in [-0.1, -0.05) is 17.7 Å². The van der Waals surface area contributed by atoms with Crippen LogP contribution in [-0.2, 0) is 14.1 Å². The zero-order valence-electron chi connectivity index (χ0n) is 13.4. The van der Waals surface area contributed by atoms with Gasteiger partial charge in [0.2, 0.25) is 5.95 Å². The number of rotatable bonds is 2. The molecule has 0 aliphatic heterocycles. The zero-order valence-corrected chi connectivity index (χ0v) is 13.4. The van der Waals surface area contributed by atoms with E-state index in [1.54, 1.807) is 12.1 Å². The number of nitrogens with zero attached hydrogens (tertiary/aromatic N) is 4. The molecule has 0 atom stereocenters. The van der Waals surface area contributed by atoms with E-state index in [-0.39, 0.29) is 17.0 Å². The van der Waals surface area contributed by atoms with Crippen molar-refractivity contribution >= 4 is 17.0 Å². The molecule has 3 N–H and O–H groups in total. The molecule has 0 spiro atoms. The number of nitrogen functional groups attached to an aromatic ring is 1. The van der Waals surface area contributed by atoms with Crippen LogP contribution in [0.15, 0.2) is 38.6 Å². The Morgan fingerprint density at radius 2 is 1.62 bits per heavy atom. The van der Waals surface area contributed by atoms with Crippen molar-refractivity contribution < 1.29 is 0 Å². The van der Waals surface area contributed by atoms with E-state index >= 15 is 0 Å². The molecule has 1 aromatic carbocycles. The van der Waals surface area contributed by atoms with Gasteiger partial charge < -0.3 is 0 Å². The molecule has 0 amide bonds. The lowest BCUT2D eigenvalue weighted by Crippen LogP contribution is -2.41. The van der Waals surface area contributed by atoms with E-state index < -0.39 is 16.8 Å². The first kappa shape index (κ1) is 15.7. The van der Waals surface area contributed by atoms with Crippen LogP contribution < -0.4 is 28.1 Å². The lowest BCUT2D eigenvalue weighted by molar-refractivity contribution is 0.703. The molecule has 9 nitrogen and oxygen atoms in total. The van der Waals surface area contributed by atoms with Gasteiger partial charge in [-0.3, -0.25) is 24.1 Å². The van der Waals surface area contributed by atoms with Crippen LogP contribution in [0.1, 0.15) is 5.56 Å². The average molecular weight is 328 g/mol. The number of benzene rings is 1. The van der Waals surface area contributed by atoms with Gasteiger partial charge in [-0.15, -0.1) is 0 Å². The highest BCUT2D eigenvalue weighted by molar-refractivity contribution is 5.75. The number of aryl methyl sites for hydroxylation is 2. The zero-order chi connectivity index (χ0) is 17.6. The fraction of sp³-hybridized carbons (Fsp3) is 0.200. The maximum Gasteiger partial charge on any atom is 0.332 e. The second-order valence-electron chi connectivity index (χ2n) is 5.46. The van der Waals surface area contributed by atoms with Crippen molar-refractivity contribution in [2.24, 2.45) is 19.9 Å². The largest absolute Gasteiger partial charge is 0.332 e. The van der Waals surface area contributed by atoms with Crippen LogP contribution in [0.2, 0.25) is 0 Å². The molecule has 0 bridgehead atoms. The van der Waals surface area contributed by atoms with Crippen molar-refractivity contribution in [1.29, 1.82) is 0 Å². The predicted molar refractivity (Wildman–Crippen MR) is 90.4 cm³/mol. The van der Waals surface area contributed by atoms with E-state index in [1.807, 2.05) is 19.1 Å². The van der Waals surface area contributed by atoms with Gasteiger partial charge in [0, 0.05) is 14.1 Å². The standard InChI is InChI=1S/C15H16N6O3/c1-8-4-6-9(7-5-8)21-13(23)10-11(17-14(21)18-16)19(2)15(24)20(3)12(10)22/h4-7H,16H2,1-3H3,(H,17,18). The van der Waals surface area contributed by atoms with Crippen molar-refractivity contribution in [3.63, 3.8) is 0 Å². The molecule has 0 aliphatic rings. The Kier molecular flexibility index (Phi) is 3.57. The molecule has 3 rings (SSSR count). The highest BCUT2D eigenvalue weighted by Gasteiger charge is 2.19. The molecule has 24 heavy (non-hydrogen) atoms. The molecule has 0 radical (unpaired) electrons. The summed E-state index contributed by atoms with van der Waals surface area (Å²) in [4.78, 5) is 41.6. The molecular weight excluding hydrogens is 312 g/mol. The number of fused-ring (bicyclic) bond motifs is 1. The molecule has 2 heterocycles. The number of hydrazine groups is 1. The van der Waals surface area contributed by atoms with Crippen LogP contribution in [-0.4, -0.2) is 18.7 Å². The summed E-state index contributed by atoms with van der Waals surface area (Å²) in [5.74, 6) is 5.52. The minimum absolute atomic E-state index is 0.0237. The second kappa shape index (κ2) is 5.46. The van der Waals surface area contributed by atoms with Gasteiger partial charge in [0.25, 0.3) is 11.1 Å². The van der Waals surface area contributed by atoms with Crippen LogP contribution in [0, 0.1) is 6.92 Å². The van der Waals surface area contributed by atoms with E-state index in [0.717, 1.165) is 14.7 Å². The molecule has 0 fully saturated rings. The lowest BCUT2D eigenvalue weighted by atomic mass is 10.2. The fourth-order valence-electron chi connectivity index (χ4n) is 2.54. The third-order valence-electron chi connectivity index (χ3n) is 3.90. The summed E-state index contributed by atoms with van der Waals surface area (Å²) in [5, 5.41) is -0.181. The Balaban J connectivity index is 2.55. The van der Waals surface area contributed by atoms with Crippen LogP contribution in [0.4, 0.5) is 5.95 Å². The lowest BCUT2D eigenvalue weighted by Gasteiger charge is -2.14. The van der Waals surface area contributed by atoms with Gasteiger partial charge in [0.1, 0.15) is 5.39 Å². The van der Waals surface area contributed by atoms with E-state index in [4.69, 9.17) is 5.84 Å². The maximum absolute atomic E-state index is 12.9. The Morgan fingerprint density at radius 3 is 2.21 bits per heavy atom. The van der Waals surface area contributed by atoms with Gasteiger partial charge in [-0.05, 0) is 19.1 Å². The summed E-state index contributed by atoms with van der Waals surface area (Å²) in [6.07, 6.45) is 0. The first-order valence-electron chi connectivity index (χ1n) is 7.13. The van der Waals surface area contributed by atoms with Gasteiger partial charge in [0.15, 0.2) is 5.65 Å². The minimum atomic E-state index is -0.699.